The second-order valence-electron chi connectivity index (χ2n) is 11.9. The molecule has 8 nitrogen and oxygen atoms in total. The summed E-state index contributed by atoms with van der Waals surface area (Å²) in [5.41, 5.74) is 2.29. The first-order valence-electron chi connectivity index (χ1n) is 15.6. The van der Waals surface area contributed by atoms with Crippen molar-refractivity contribution in [1.29, 1.82) is 0 Å². The van der Waals surface area contributed by atoms with Crippen LogP contribution in [0, 0.1) is 12.8 Å². The topological polar surface area (TPSA) is 82.9 Å². The largest absolute Gasteiger partial charge is 0.457 e. The van der Waals surface area contributed by atoms with Gasteiger partial charge in [-0.3, -0.25) is 14.3 Å². The van der Waals surface area contributed by atoms with E-state index in [0.717, 1.165) is 53.5 Å². The van der Waals surface area contributed by atoms with Crippen LogP contribution in [0.25, 0.3) is 10.9 Å². The van der Waals surface area contributed by atoms with Crippen molar-refractivity contribution in [2.45, 2.75) is 51.4 Å². The highest BCUT2D eigenvalue weighted by atomic mass is 19.4. The minimum Gasteiger partial charge on any atom is -0.457 e. The number of amides is 1. The molecule has 2 fully saturated rings. The molecule has 3 heterocycles. The van der Waals surface area contributed by atoms with E-state index in [0.29, 0.717) is 63.0 Å². The van der Waals surface area contributed by atoms with Crippen LogP contribution in [-0.2, 0) is 22.2 Å². The van der Waals surface area contributed by atoms with Gasteiger partial charge >= 0.3 is 6.18 Å². The number of hydrogen-bond acceptors (Lipinski definition) is 6. The monoisotopic (exact) mass is 635 g/mol. The molecule has 4 aromatic rings. The molecule has 2 saturated heterocycles. The smallest absolute Gasteiger partial charge is 0.416 e. The van der Waals surface area contributed by atoms with Crippen molar-refractivity contribution in [1.82, 2.24) is 14.7 Å². The molecule has 1 atom stereocenters. The van der Waals surface area contributed by atoms with Crippen LogP contribution < -0.4 is 4.74 Å². The van der Waals surface area contributed by atoms with E-state index < -0.39 is 11.7 Å². The van der Waals surface area contributed by atoms with Gasteiger partial charge in [0.15, 0.2) is 5.78 Å². The lowest BCUT2D eigenvalue weighted by atomic mass is 9.96. The fourth-order valence-corrected chi connectivity index (χ4v) is 6.09. The van der Waals surface area contributed by atoms with Crippen molar-refractivity contribution in [3.05, 3.63) is 89.1 Å². The van der Waals surface area contributed by atoms with Crippen molar-refractivity contribution in [3.8, 4) is 11.5 Å². The Balaban J connectivity index is 1.00. The molecule has 1 unspecified atom stereocenters. The number of alkyl halides is 3. The third-order valence-corrected chi connectivity index (χ3v) is 8.75. The van der Waals surface area contributed by atoms with Crippen LogP contribution in [0.5, 0.6) is 11.5 Å². The quantitative estimate of drug-likeness (QED) is 0.183. The summed E-state index contributed by atoms with van der Waals surface area (Å²) in [5.74, 6) is 1.09. The maximum absolute atomic E-state index is 13.2. The number of hydrogen-bond donors (Lipinski definition) is 0. The summed E-state index contributed by atoms with van der Waals surface area (Å²) in [4.78, 5) is 28.0. The van der Waals surface area contributed by atoms with Gasteiger partial charge in [-0.15, -0.1) is 0 Å². The van der Waals surface area contributed by atoms with Crippen LogP contribution in [0.2, 0.25) is 0 Å². The van der Waals surface area contributed by atoms with E-state index in [2.05, 4.69) is 0 Å². The van der Waals surface area contributed by atoms with Gasteiger partial charge in [0.2, 0.25) is 0 Å². The molecule has 0 radical (unpaired) electrons. The number of ether oxygens (including phenoxy) is 3. The van der Waals surface area contributed by atoms with Gasteiger partial charge in [-0.1, -0.05) is 0 Å². The van der Waals surface area contributed by atoms with Crippen LogP contribution >= 0.6 is 0 Å². The van der Waals surface area contributed by atoms with Crippen molar-refractivity contribution in [2.24, 2.45) is 5.92 Å². The molecule has 1 amide bonds. The van der Waals surface area contributed by atoms with Crippen LogP contribution in [-0.4, -0.2) is 65.4 Å². The third kappa shape index (κ3) is 7.42. The number of benzene rings is 3. The molecular formula is C35H36F3N3O5. The predicted octanol–water partition coefficient (Wildman–Crippen LogP) is 7.09. The van der Waals surface area contributed by atoms with Crippen LogP contribution in [0.3, 0.4) is 0 Å². The number of ketones is 1. The first-order valence-corrected chi connectivity index (χ1v) is 15.6. The number of fused-ring (bicyclic) bond motifs is 1. The average molecular weight is 636 g/mol. The fraction of sp³-hybridized carbons (Fsp3) is 0.400. The lowest BCUT2D eigenvalue weighted by molar-refractivity contribution is -0.137. The normalized spacial score (nSPS) is 17.7. The van der Waals surface area contributed by atoms with Crippen molar-refractivity contribution < 1.29 is 37.0 Å². The van der Waals surface area contributed by atoms with Gasteiger partial charge in [0.1, 0.15) is 11.5 Å². The lowest BCUT2D eigenvalue weighted by Crippen LogP contribution is -2.39. The standard InChI is InChI=1S/C35H36F3N3O5/c1-23-30(33(42)13-10-29-22-44-18-19-45-29)11-12-32-31(23)21-41(39-32)20-24-14-16-40(17-15-24)34(43)25-2-6-27(7-3-25)46-28-8-4-26(5-9-28)35(36,37)38/h2-9,11-12,21,24,29H,10,13-20,22H2,1H3. The summed E-state index contributed by atoms with van der Waals surface area (Å²) in [6, 6.07) is 14.9. The Morgan fingerprint density at radius 1 is 0.957 bits per heavy atom. The third-order valence-electron chi connectivity index (χ3n) is 8.75. The number of aryl methyl sites for hydroxylation is 1. The molecule has 0 spiro atoms. The minimum absolute atomic E-state index is 0.0323. The molecule has 46 heavy (non-hydrogen) atoms. The molecule has 0 N–H and O–H groups in total. The zero-order chi connectivity index (χ0) is 32.3. The Morgan fingerprint density at radius 3 is 2.30 bits per heavy atom. The molecule has 6 rings (SSSR count). The van der Waals surface area contributed by atoms with Gasteiger partial charge in [0.25, 0.3) is 5.91 Å². The minimum atomic E-state index is -4.41. The van der Waals surface area contributed by atoms with E-state index in [4.69, 9.17) is 19.3 Å². The number of likely N-dealkylation sites (tertiary alicyclic amines) is 1. The SMILES string of the molecule is Cc1c(C(=O)CCC2COCCO2)ccc2nn(CC3CCN(C(=O)c4ccc(Oc5ccc(C(F)(F)F)cc5)cc4)CC3)cc12. The van der Waals surface area contributed by atoms with E-state index in [-0.39, 0.29) is 23.5 Å². The van der Waals surface area contributed by atoms with Gasteiger partial charge in [0, 0.05) is 48.8 Å². The zero-order valence-electron chi connectivity index (χ0n) is 25.6. The second-order valence-corrected chi connectivity index (χ2v) is 11.9. The molecule has 11 heteroatoms. The van der Waals surface area contributed by atoms with E-state index in [1.807, 2.05) is 34.8 Å². The maximum Gasteiger partial charge on any atom is 0.416 e. The number of aromatic nitrogens is 2. The Morgan fingerprint density at radius 2 is 1.65 bits per heavy atom. The summed E-state index contributed by atoms with van der Waals surface area (Å²) >= 11 is 0. The molecular weight excluding hydrogens is 599 g/mol. The van der Waals surface area contributed by atoms with Gasteiger partial charge < -0.3 is 19.1 Å². The number of halogens is 3. The van der Waals surface area contributed by atoms with Crippen LogP contribution in [0.4, 0.5) is 13.2 Å². The fourth-order valence-electron chi connectivity index (χ4n) is 6.09. The Kier molecular flexibility index (Phi) is 9.42. The Labute approximate surface area is 265 Å². The number of nitrogens with zero attached hydrogens (tertiary/aromatic N) is 3. The molecule has 0 aliphatic carbocycles. The van der Waals surface area contributed by atoms with Crippen molar-refractivity contribution in [2.75, 3.05) is 32.9 Å². The zero-order valence-corrected chi connectivity index (χ0v) is 25.6. The van der Waals surface area contributed by atoms with Gasteiger partial charge in [-0.05, 0) is 98.3 Å². The summed E-state index contributed by atoms with van der Waals surface area (Å²) < 4.78 is 57.1. The van der Waals surface area contributed by atoms with E-state index in [1.54, 1.807) is 24.3 Å². The van der Waals surface area contributed by atoms with E-state index >= 15 is 0 Å². The first kappa shape index (κ1) is 31.7. The molecule has 2 aliphatic rings. The highest BCUT2D eigenvalue weighted by molar-refractivity contribution is 6.01. The number of rotatable bonds is 9. The Bertz CT molecular complexity index is 1670. The van der Waals surface area contributed by atoms with E-state index in [1.165, 1.54) is 12.1 Å². The van der Waals surface area contributed by atoms with Crippen LogP contribution in [0.15, 0.2) is 66.9 Å². The number of piperidine rings is 1. The van der Waals surface area contributed by atoms with E-state index in [9.17, 15) is 22.8 Å². The molecule has 2 aliphatic heterocycles. The molecule has 3 aromatic carbocycles. The summed E-state index contributed by atoms with van der Waals surface area (Å²) in [6.07, 6.45) is 0.311. The van der Waals surface area contributed by atoms with Crippen molar-refractivity contribution >= 4 is 22.6 Å². The first-order chi connectivity index (χ1) is 22.1. The highest BCUT2D eigenvalue weighted by Crippen LogP contribution is 2.32. The molecule has 0 saturated carbocycles. The van der Waals surface area contributed by atoms with Gasteiger partial charge in [-0.25, -0.2) is 0 Å². The molecule has 0 bridgehead atoms. The van der Waals surface area contributed by atoms with Crippen molar-refractivity contribution in [3.63, 3.8) is 0 Å². The Hall–Kier alpha value is -4.22. The summed E-state index contributed by atoms with van der Waals surface area (Å²) in [6.45, 7) is 5.66. The van der Waals surface area contributed by atoms with Gasteiger partial charge in [0.05, 0.1) is 37.0 Å². The summed E-state index contributed by atoms with van der Waals surface area (Å²) in [7, 11) is 0. The van der Waals surface area contributed by atoms with Crippen LogP contribution in [0.1, 0.15) is 57.5 Å². The van der Waals surface area contributed by atoms with Gasteiger partial charge in [-0.2, -0.15) is 18.3 Å². The summed E-state index contributed by atoms with van der Waals surface area (Å²) in [5, 5.41) is 5.74. The highest BCUT2D eigenvalue weighted by Gasteiger charge is 2.30. The molecule has 242 valence electrons. The predicted molar refractivity (Wildman–Crippen MR) is 165 cm³/mol. The average Bonchev–Trinajstić information content (AvgIpc) is 3.48. The number of carbonyl (C=O) groups is 2. The molecule has 1 aromatic heterocycles. The second kappa shape index (κ2) is 13.6. The lowest BCUT2D eigenvalue weighted by Gasteiger charge is -2.32. The maximum atomic E-state index is 13.2. The number of carbonyl (C=O) groups excluding carboxylic acids is 2. The number of Topliss-reactive ketones (excluding diaryl/α,β-unsaturated/α-hetero) is 1.